The smallest absolute Gasteiger partial charge is 0.262 e. The third-order valence-electron chi connectivity index (χ3n) is 10.2. The van der Waals surface area contributed by atoms with Crippen LogP contribution in [-0.4, -0.2) is 68.0 Å². The lowest BCUT2D eigenvalue weighted by molar-refractivity contribution is -0.123. The van der Waals surface area contributed by atoms with Gasteiger partial charge in [-0.3, -0.25) is 33.6 Å². The van der Waals surface area contributed by atoms with Gasteiger partial charge in [0.05, 0.1) is 22.9 Å². The maximum atomic E-state index is 13.4. The molecule has 52 heavy (non-hydrogen) atoms. The fourth-order valence-electron chi connectivity index (χ4n) is 7.38. The highest BCUT2D eigenvalue weighted by Gasteiger charge is 2.44. The minimum atomic E-state index is -0.735. The van der Waals surface area contributed by atoms with Crippen molar-refractivity contribution >= 4 is 52.0 Å². The number of hydrogen-bond donors (Lipinski definition) is 0. The van der Waals surface area contributed by atoms with Gasteiger partial charge in [0.1, 0.15) is 22.7 Å². The number of aromatic nitrogens is 3. The van der Waals surface area contributed by atoms with Gasteiger partial charge in [0.25, 0.3) is 11.8 Å². The highest BCUT2D eigenvalue weighted by Crippen LogP contribution is 2.40. The van der Waals surface area contributed by atoms with Crippen LogP contribution in [0.15, 0.2) is 59.6 Å². The van der Waals surface area contributed by atoms with E-state index in [1.54, 1.807) is 23.5 Å². The summed E-state index contributed by atoms with van der Waals surface area (Å²) in [6.07, 6.45) is 3.50. The Hall–Kier alpha value is -4.58. The number of imide groups is 1. The molecule has 1 unspecified atom stereocenters. The van der Waals surface area contributed by atoms with Gasteiger partial charge in [-0.2, -0.15) is 0 Å². The summed E-state index contributed by atoms with van der Waals surface area (Å²) in [4.78, 5) is 60.3. The summed E-state index contributed by atoms with van der Waals surface area (Å²) in [5.74, 6) is 0.529. The molecule has 2 aliphatic heterocycles. The standard InChI is InChI=1S/C40H40ClN5O5S/c1-22-12-17-32(33(48)20-22)46-38(49)30-11-5-8-26(35(30)39(46)50)9-6-18-51-19-7-10-29(47)21-31-37-44-43-25(4)45(37)40-34(23(2)24(3)52-40)36(42-31)27-13-15-28(41)16-14-27/h5,8,11,13-16,31-32H,1,6-7,9-10,12,17-21H2,2-4H3/t31-,32?/m0/s1. The Morgan fingerprint density at radius 3 is 2.54 bits per heavy atom. The average molecular weight is 738 g/mol. The Kier molecular flexibility index (Phi) is 10.2. The first kappa shape index (κ1) is 35.8. The number of aryl methyl sites for hydroxylation is 3. The number of hydrogen-bond acceptors (Lipinski definition) is 9. The van der Waals surface area contributed by atoms with Crippen LogP contribution in [0, 0.1) is 20.8 Å². The van der Waals surface area contributed by atoms with Gasteiger partial charge in [-0.1, -0.05) is 48.0 Å². The van der Waals surface area contributed by atoms with Crippen LogP contribution in [0.4, 0.5) is 0 Å². The van der Waals surface area contributed by atoms with Crippen molar-refractivity contribution in [1.29, 1.82) is 0 Å². The highest BCUT2D eigenvalue weighted by atomic mass is 35.5. The molecular weight excluding hydrogens is 698 g/mol. The fraction of sp³-hybridized carbons (Fsp3) is 0.375. The summed E-state index contributed by atoms with van der Waals surface area (Å²) in [7, 11) is 0. The molecule has 2 aromatic carbocycles. The molecule has 2 aromatic heterocycles. The average Bonchev–Trinajstić information content (AvgIpc) is 3.69. The van der Waals surface area contributed by atoms with Crippen molar-refractivity contribution in [2.24, 2.45) is 4.99 Å². The van der Waals surface area contributed by atoms with E-state index in [1.165, 1.54) is 4.88 Å². The second kappa shape index (κ2) is 14.8. The number of aliphatic imine (C=N–C) groups is 1. The summed E-state index contributed by atoms with van der Waals surface area (Å²) >= 11 is 7.90. The van der Waals surface area contributed by atoms with Gasteiger partial charge in [0.2, 0.25) is 0 Å². The number of ketones is 2. The van der Waals surface area contributed by atoms with Gasteiger partial charge < -0.3 is 4.74 Å². The number of Topliss-reactive ketones (excluding diaryl/α,β-unsaturated/α-hetero) is 2. The van der Waals surface area contributed by atoms with Crippen molar-refractivity contribution in [3.05, 3.63) is 110 Å². The molecule has 3 aliphatic rings. The van der Waals surface area contributed by atoms with E-state index in [1.807, 2.05) is 41.8 Å². The van der Waals surface area contributed by atoms with Gasteiger partial charge in [-0.15, -0.1) is 21.5 Å². The maximum absolute atomic E-state index is 13.4. The molecule has 12 heteroatoms. The zero-order chi connectivity index (χ0) is 36.7. The van der Waals surface area contributed by atoms with Crippen LogP contribution in [0.5, 0.6) is 0 Å². The topological polar surface area (TPSA) is 124 Å². The quantitative estimate of drug-likeness (QED) is 0.0840. The van der Waals surface area contributed by atoms with Crippen LogP contribution >= 0.6 is 22.9 Å². The molecule has 0 N–H and O–H groups in total. The number of rotatable bonds is 12. The van der Waals surface area contributed by atoms with Crippen molar-refractivity contribution in [1.82, 2.24) is 19.7 Å². The second-order valence-electron chi connectivity index (χ2n) is 13.7. The second-order valence-corrected chi connectivity index (χ2v) is 15.4. The van der Waals surface area contributed by atoms with Crippen LogP contribution in [0.1, 0.15) is 110 Å². The summed E-state index contributed by atoms with van der Waals surface area (Å²) in [5.41, 5.74) is 6.26. The summed E-state index contributed by atoms with van der Waals surface area (Å²) in [5, 5.41) is 10.5. The van der Waals surface area contributed by atoms with E-state index in [0.29, 0.717) is 73.7 Å². The van der Waals surface area contributed by atoms with Crippen LogP contribution in [0.3, 0.4) is 0 Å². The Bertz CT molecular complexity index is 2150. The summed E-state index contributed by atoms with van der Waals surface area (Å²) < 4.78 is 7.94. The number of allylic oxidation sites excluding steroid dienone is 1. The predicted octanol–water partition coefficient (Wildman–Crippen LogP) is 7.46. The monoisotopic (exact) mass is 737 g/mol. The molecule has 7 rings (SSSR count). The number of nitrogens with zero attached hydrogens (tertiary/aromatic N) is 5. The molecule has 0 radical (unpaired) electrons. The number of halogens is 1. The molecule has 0 saturated heterocycles. The van der Waals surface area contributed by atoms with Crippen molar-refractivity contribution in [3.8, 4) is 5.00 Å². The van der Waals surface area contributed by atoms with Crippen LogP contribution in [0.2, 0.25) is 5.02 Å². The van der Waals surface area contributed by atoms with Gasteiger partial charge in [-0.05, 0) is 82.2 Å². The molecular formula is C40H40ClN5O5S. The molecule has 4 aromatic rings. The number of ether oxygens (including phenoxy) is 1. The minimum absolute atomic E-state index is 0.0616. The lowest BCUT2D eigenvalue weighted by Crippen LogP contribution is -2.46. The zero-order valence-electron chi connectivity index (χ0n) is 29.5. The molecule has 0 spiro atoms. The van der Waals surface area contributed by atoms with Gasteiger partial charge in [-0.25, -0.2) is 0 Å². The van der Waals surface area contributed by atoms with Crippen molar-refractivity contribution in [2.75, 3.05) is 13.2 Å². The first-order valence-corrected chi connectivity index (χ1v) is 18.9. The van der Waals surface area contributed by atoms with Crippen LogP contribution in [0.25, 0.3) is 5.00 Å². The van der Waals surface area contributed by atoms with E-state index in [0.717, 1.165) is 49.3 Å². The van der Waals surface area contributed by atoms with E-state index >= 15 is 0 Å². The molecule has 2 amide bonds. The zero-order valence-corrected chi connectivity index (χ0v) is 31.1. The van der Waals surface area contributed by atoms with Gasteiger partial charge >= 0.3 is 0 Å². The molecule has 10 nitrogen and oxygen atoms in total. The fourth-order valence-corrected chi connectivity index (χ4v) is 8.72. The molecule has 1 saturated carbocycles. The molecule has 268 valence electrons. The lowest BCUT2D eigenvalue weighted by atomic mass is 9.89. The number of carbonyl (C=O) groups is 4. The van der Waals surface area contributed by atoms with Crippen LogP contribution in [-0.2, 0) is 20.7 Å². The Morgan fingerprint density at radius 2 is 1.77 bits per heavy atom. The highest BCUT2D eigenvalue weighted by molar-refractivity contribution is 7.15. The maximum Gasteiger partial charge on any atom is 0.262 e. The third kappa shape index (κ3) is 6.73. The Labute approximate surface area is 311 Å². The van der Waals surface area contributed by atoms with E-state index < -0.39 is 23.9 Å². The molecule has 4 heterocycles. The first-order valence-electron chi connectivity index (χ1n) is 17.7. The SMILES string of the molecule is C=C1CCC(N2C(=O)c3cccc(CCCOCCCC(=O)C[C@@H]4N=C(c5ccc(Cl)cc5)c5c(sc(C)c5C)-n5c(C)nnc54)c3C2=O)C(=O)C1. The largest absolute Gasteiger partial charge is 0.381 e. The predicted molar refractivity (Wildman–Crippen MR) is 200 cm³/mol. The molecule has 1 fully saturated rings. The number of benzene rings is 2. The van der Waals surface area contributed by atoms with Crippen molar-refractivity contribution < 1.29 is 23.9 Å². The van der Waals surface area contributed by atoms with Crippen molar-refractivity contribution in [2.45, 2.75) is 84.2 Å². The number of fused-ring (bicyclic) bond motifs is 4. The van der Waals surface area contributed by atoms with E-state index in [-0.39, 0.29) is 24.4 Å². The third-order valence-corrected chi connectivity index (χ3v) is 11.6. The van der Waals surface area contributed by atoms with Crippen LogP contribution < -0.4 is 0 Å². The van der Waals surface area contributed by atoms with Gasteiger partial charge in [0.15, 0.2) is 11.6 Å². The Morgan fingerprint density at radius 1 is 1.00 bits per heavy atom. The number of thiophene rings is 1. The first-order chi connectivity index (χ1) is 25.0. The van der Waals surface area contributed by atoms with E-state index in [2.05, 4.69) is 30.6 Å². The molecule has 0 bridgehead atoms. The van der Waals surface area contributed by atoms with E-state index in [9.17, 15) is 19.2 Å². The molecule has 1 aliphatic carbocycles. The summed E-state index contributed by atoms with van der Waals surface area (Å²) in [6.45, 7) is 10.9. The summed E-state index contributed by atoms with van der Waals surface area (Å²) in [6, 6.07) is 11.7. The lowest BCUT2D eigenvalue weighted by Gasteiger charge is -2.29. The molecule has 2 atom stereocenters. The number of amides is 2. The Balaban J connectivity index is 0.948. The number of carbonyl (C=O) groups excluding carboxylic acids is 4. The van der Waals surface area contributed by atoms with E-state index in [4.69, 9.17) is 21.3 Å². The minimum Gasteiger partial charge on any atom is -0.381 e. The normalized spacial score (nSPS) is 18.3. The van der Waals surface area contributed by atoms with Gasteiger partial charge in [0, 0.05) is 53.5 Å². The van der Waals surface area contributed by atoms with Crippen molar-refractivity contribution in [3.63, 3.8) is 0 Å².